The van der Waals surface area contributed by atoms with E-state index in [9.17, 15) is 4.79 Å². The van der Waals surface area contributed by atoms with Gasteiger partial charge in [0.05, 0.1) is 0 Å². The molecule has 120 valence electrons. The number of carbonyl (C=O) groups excluding carboxylic acids is 1. The van der Waals surface area contributed by atoms with Crippen molar-refractivity contribution in [2.75, 3.05) is 6.54 Å². The normalized spacial score (nSPS) is 15.0. The van der Waals surface area contributed by atoms with Gasteiger partial charge in [0.15, 0.2) is 0 Å². The number of benzene rings is 1. The fourth-order valence-electron chi connectivity index (χ4n) is 2.79. The van der Waals surface area contributed by atoms with Gasteiger partial charge in [0.25, 0.3) is 0 Å². The maximum atomic E-state index is 12.1. The Hall–Kier alpha value is -2.36. The first-order valence-corrected chi connectivity index (χ1v) is 8.28. The maximum absolute atomic E-state index is 12.1. The first-order chi connectivity index (χ1) is 11.3. The SMILES string of the molecule is O=C(NCCc1cccnc1)NC(Cc1ccccc1)C1CC1. The van der Waals surface area contributed by atoms with E-state index in [0.717, 1.165) is 18.4 Å². The van der Waals surface area contributed by atoms with Crippen LogP contribution >= 0.6 is 0 Å². The zero-order valence-electron chi connectivity index (χ0n) is 13.2. The standard InChI is InChI=1S/C19H23N3O/c23-19(21-12-10-16-7-4-11-20-14-16)22-18(17-8-9-17)13-15-5-2-1-3-6-15/h1-7,11,14,17-18H,8-10,12-13H2,(H2,21,22,23). The summed E-state index contributed by atoms with van der Waals surface area (Å²) < 4.78 is 0. The Morgan fingerprint density at radius 2 is 1.91 bits per heavy atom. The fourth-order valence-corrected chi connectivity index (χ4v) is 2.79. The fraction of sp³-hybridized carbons (Fsp3) is 0.368. The van der Waals surface area contributed by atoms with Crippen molar-refractivity contribution >= 4 is 6.03 Å². The number of aromatic nitrogens is 1. The second-order valence-electron chi connectivity index (χ2n) is 6.15. The summed E-state index contributed by atoms with van der Waals surface area (Å²) in [7, 11) is 0. The summed E-state index contributed by atoms with van der Waals surface area (Å²) >= 11 is 0. The molecule has 1 unspecified atom stereocenters. The van der Waals surface area contributed by atoms with Crippen molar-refractivity contribution in [1.29, 1.82) is 0 Å². The van der Waals surface area contributed by atoms with Gasteiger partial charge < -0.3 is 10.6 Å². The number of hydrogen-bond donors (Lipinski definition) is 2. The molecule has 0 saturated heterocycles. The lowest BCUT2D eigenvalue weighted by atomic mass is 10.0. The van der Waals surface area contributed by atoms with E-state index in [4.69, 9.17) is 0 Å². The van der Waals surface area contributed by atoms with E-state index in [2.05, 4.69) is 27.8 Å². The molecule has 1 aromatic heterocycles. The Labute approximate surface area is 137 Å². The topological polar surface area (TPSA) is 54.0 Å². The Morgan fingerprint density at radius 1 is 1.13 bits per heavy atom. The van der Waals surface area contributed by atoms with Gasteiger partial charge in [-0.25, -0.2) is 4.79 Å². The lowest BCUT2D eigenvalue weighted by molar-refractivity contribution is 0.235. The van der Waals surface area contributed by atoms with Crippen molar-refractivity contribution in [1.82, 2.24) is 15.6 Å². The number of rotatable bonds is 7. The van der Waals surface area contributed by atoms with E-state index in [1.807, 2.05) is 36.5 Å². The smallest absolute Gasteiger partial charge is 0.315 e. The molecular weight excluding hydrogens is 286 g/mol. The molecule has 2 N–H and O–H groups in total. The highest BCUT2D eigenvalue weighted by Gasteiger charge is 2.32. The predicted octanol–water partition coefficient (Wildman–Crippen LogP) is 2.94. The molecule has 0 bridgehead atoms. The minimum Gasteiger partial charge on any atom is -0.338 e. The summed E-state index contributed by atoms with van der Waals surface area (Å²) in [6.45, 7) is 0.625. The molecule has 2 aromatic rings. The van der Waals surface area contributed by atoms with E-state index in [1.54, 1.807) is 6.20 Å². The van der Waals surface area contributed by atoms with Crippen LogP contribution in [0.2, 0.25) is 0 Å². The number of nitrogens with zero attached hydrogens (tertiary/aromatic N) is 1. The summed E-state index contributed by atoms with van der Waals surface area (Å²) in [5.41, 5.74) is 2.41. The monoisotopic (exact) mass is 309 g/mol. The third kappa shape index (κ3) is 5.09. The molecule has 3 rings (SSSR count). The zero-order valence-corrected chi connectivity index (χ0v) is 13.2. The number of nitrogens with one attached hydrogen (secondary N) is 2. The summed E-state index contributed by atoms with van der Waals surface area (Å²) in [6.07, 6.45) is 7.73. The highest BCUT2D eigenvalue weighted by atomic mass is 16.2. The van der Waals surface area contributed by atoms with Crippen LogP contribution in [0.3, 0.4) is 0 Å². The number of hydrogen-bond acceptors (Lipinski definition) is 2. The molecular formula is C19H23N3O. The second-order valence-corrected chi connectivity index (χ2v) is 6.15. The Morgan fingerprint density at radius 3 is 2.61 bits per heavy atom. The van der Waals surface area contributed by atoms with E-state index in [-0.39, 0.29) is 12.1 Å². The van der Waals surface area contributed by atoms with Crippen LogP contribution in [0.1, 0.15) is 24.0 Å². The molecule has 1 aliphatic rings. The van der Waals surface area contributed by atoms with Gasteiger partial charge in [-0.05, 0) is 48.8 Å². The van der Waals surface area contributed by atoms with E-state index in [1.165, 1.54) is 18.4 Å². The third-order valence-corrected chi connectivity index (χ3v) is 4.23. The number of amides is 2. The molecule has 1 heterocycles. The van der Waals surface area contributed by atoms with Crippen LogP contribution in [0.5, 0.6) is 0 Å². The van der Waals surface area contributed by atoms with Crippen molar-refractivity contribution < 1.29 is 4.79 Å². The molecule has 2 amide bonds. The van der Waals surface area contributed by atoms with Gasteiger partial charge in [-0.3, -0.25) is 4.98 Å². The first-order valence-electron chi connectivity index (χ1n) is 8.28. The van der Waals surface area contributed by atoms with Crippen LogP contribution in [0.25, 0.3) is 0 Å². The molecule has 0 radical (unpaired) electrons. The van der Waals surface area contributed by atoms with Crippen molar-refractivity contribution in [3.63, 3.8) is 0 Å². The average Bonchev–Trinajstić information content (AvgIpc) is 3.41. The Balaban J connectivity index is 1.45. The zero-order chi connectivity index (χ0) is 15.9. The van der Waals surface area contributed by atoms with Crippen molar-refractivity contribution in [2.24, 2.45) is 5.92 Å². The lowest BCUT2D eigenvalue weighted by Crippen LogP contribution is -2.44. The summed E-state index contributed by atoms with van der Waals surface area (Å²) in [6, 6.07) is 14.5. The van der Waals surface area contributed by atoms with Gasteiger partial charge in [-0.2, -0.15) is 0 Å². The van der Waals surface area contributed by atoms with Crippen LogP contribution in [0, 0.1) is 5.92 Å². The van der Waals surface area contributed by atoms with Gasteiger partial charge in [0.2, 0.25) is 0 Å². The third-order valence-electron chi connectivity index (χ3n) is 4.23. The molecule has 23 heavy (non-hydrogen) atoms. The summed E-state index contributed by atoms with van der Waals surface area (Å²) in [5.74, 6) is 0.624. The molecule has 1 fully saturated rings. The van der Waals surface area contributed by atoms with Gasteiger partial charge in [0, 0.05) is 25.0 Å². The van der Waals surface area contributed by atoms with Gasteiger partial charge >= 0.3 is 6.03 Å². The van der Waals surface area contributed by atoms with E-state index in [0.29, 0.717) is 12.5 Å². The van der Waals surface area contributed by atoms with Crippen LogP contribution in [-0.4, -0.2) is 23.6 Å². The Kier molecular flexibility index (Phi) is 5.25. The molecule has 4 nitrogen and oxygen atoms in total. The molecule has 0 aliphatic heterocycles. The molecule has 1 saturated carbocycles. The largest absolute Gasteiger partial charge is 0.338 e. The molecule has 0 spiro atoms. The van der Waals surface area contributed by atoms with Gasteiger partial charge in [-0.15, -0.1) is 0 Å². The van der Waals surface area contributed by atoms with Crippen LogP contribution < -0.4 is 10.6 Å². The predicted molar refractivity (Wildman–Crippen MR) is 91.1 cm³/mol. The quantitative estimate of drug-likeness (QED) is 0.826. The minimum atomic E-state index is -0.0679. The number of carbonyl (C=O) groups is 1. The summed E-state index contributed by atoms with van der Waals surface area (Å²) in [5, 5.41) is 6.10. The van der Waals surface area contributed by atoms with Crippen molar-refractivity contribution in [3.05, 3.63) is 66.0 Å². The van der Waals surface area contributed by atoms with Crippen LogP contribution in [0.4, 0.5) is 4.79 Å². The lowest BCUT2D eigenvalue weighted by Gasteiger charge is -2.19. The molecule has 4 heteroatoms. The maximum Gasteiger partial charge on any atom is 0.315 e. The van der Waals surface area contributed by atoms with Crippen LogP contribution in [0.15, 0.2) is 54.9 Å². The van der Waals surface area contributed by atoms with Gasteiger partial charge in [0.1, 0.15) is 0 Å². The van der Waals surface area contributed by atoms with Gasteiger partial charge in [-0.1, -0.05) is 36.4 Å². The first kappa shape index (κ1) is 15.5. The minimum absolute atomic E-state index is 0.0679. The van der Waals surface area contributed by atoms with E-state index < -0.39 is 0 Å². The van der Waals surface area contributed by atoms with Crippen molar-refractivity contribution in [3.8, 4) is 0 Å². The molecule has 1 aliphatic carbocycles. The van der Waals surface area contributed by atoms with Crippen LogP contribution in [-0.2, 0) is 12.8 Å². The Bertz CT molecular complexity index is 611. The molecule has 1 atom stereocenters. The average molecular weight is 309 g/mol. The van der Waals surface area contributed by atoms with Crippen molar-refractivity contribution in [2.45, 2.75) is 31.7 Å². The molecule has 1 aromatic carbocycles. The number of pyridine rings is 1. The summed E-state index contributed by atoms with van der Waals surface area (Å²) in [4.78, 5) is 16.2. The second kappa shape index (κ2) is 7.77. The number of urea groups is 1. The highest BCUT2D eigenvalue weighted by Crippen LogP contribution is 2.34. The van der Waals surface area contributed by atoms with E-state index >= 15 is 0 Å². The highest BCUT2D eigenvalue weighted by molar-refractivity contribution is 5.74.